The third-order valence-corrected chi connectivity index (χ3v) is 5.03. The SMILES string of the molecule is O=C(O)[C@@H]1C[C@H]2CCCC[C@@H]2N1Cc1nc(-c2ccco2)no1. The molecule has 0 spiro atoms. The van der Waals surface area contributed by atoms with Gasteiger partial charge in [-0.05, 0) is 37.3 Å². The van der Waals surface area contributed by atoms with Gasteiger partial charge in [-0.15, -0.1) is 0 Å². The molecule has 2 aromatic rings. The van der Waals surface area contributed by atoms with Crippen LogP contribution in [0.2, 0.25) is 0 Å². The molecular formula is C16H19N3O4. The number of hydrogen-bond acceptors (Lipinski definition) is 6. The molecular weight excluding hydrogens is 298 g/mol. The van der Waals surface area contributed by atoms with Crippen LogP contribution in [0, 0.1) is 5.92 Å². The molecule has 122 valence electrons. The fourth-order valence-corrected chi connectivity index (χ4v) is 4.00. The van der Waals surface area contributed by atoms with E-state index in [-0.39, 0.29) is 0 Å². The lowest BCUT2D eigenvalue weighted by Gasteiger charge is -2.31. The number of carboxylic acids is 1. The highest BCUT2D eigenvalue weighted by atomic mass is 16.5. The Kier molecular flexibility index (Phi) is 3.65. The molecule has 0 unspecified atom stereocenters. The van der Waals surface area contributed by atoms with E-state index in [1.807, 2.05) is 4.90 Å². The van der Waals surface area contributed by atoms with Crippen molar-refractivity contribution < 1.29 is 18.8 Å². The van der Waals surface area contributed by atoms with Crippen molar-refractivity contribution in [2.45, 2.75) is 50.7 Å². The van der Waals surface area contributed by atoms with Gasteiger partial charge < -0.3 is 14.0 Å². The minimum Gasteiger partial charge on any atom is -0.480 e. The number of aromatic nitrogens is 2. The Morgan fingerprint density at radius 1 is 1.39 bits per heavy atom. The molecule has 7 nitrogen and oxygen atoms in total. The van der Waals surface area contributed by atoms with E-state index in [1.165, 1.54) is 6.42 Å². The number of furan rings is 1. The second kappa shape index (κ2) is 5.81. The number of rotatable bonds is 4. The molecule has 23 heavy (non-hydrogen) atoms. The number of likely N-dealkylation sites (tertiary alicyclic amines) is 1. The zero-order valence-electron chi connectivity index (χ0n) is 12.7. The number of fused-ring (bicyclic) bond motifs is 1. The van der Waals surface area contributed by atoms with Crippen molar-refractivity contribution >= 4 is 5.97 Å². The van der Waals surface area contributed by atoms with E-state index < -0.39 is 12.0 Å². The standard InChI is InChI=1S/C16H19N3O4/c20-16(21)12-8-10-4-1-2-5-11(10)19(12)9-14-17-15(18-23-14)13-6-3-7-22-13/h3,6-7,10-12H,1-2,4-5,8-9H2,(H,20,21)/t10-,11+,12+/m1/s1. The number of carbonyl (C=O) groups is 1. The zero-order valence-corrected chi connectivity index (χ0v) is 12.7. The van der Waals surface area contributed by atoms with Gasteiger partial charge in [0.1, 0.15) is 6.04 Å². The topological polar surface area (TPSA) is 92.6 Å². The predicted octanol–water partition coefficient (Wildman–Crippen LogP) is 2.55. The first-order valence-corrected chi connectivity index (χ1v) is 8.07. The van der Waals surface area contributed by atoms with E-state index in [0.29, 0.717) is 36.0 Å². The fourth-order valence-electron chi connectivity index (χ4n) is 4.00. The Balaban J connectivity index is 1.55. The number of aliphatic carboxylic acids is 1. The van der Waals surface area contributed by atoms with Crippen molar-refractivity contribution in [3.63, 3.8) is 0 Å². The summed E-state index contributed by atoms with van der Waals surface area (Å²) < 4.78 is 10.6. The summed E-state index contributed by atoms with van der Waals surface area (Å²) in [5.41, 5.74) is 0. The van der Waals surface area contributed by atoms with Gasteiger partial charge in [-0.2, -0.15) is 4.98 Å². The smallest absolute Gasteiger partial charge is 0.320 e. The van der Waals surface area contributed by atoms with Crippen LogP contribution in [0.5, 0.6) is 0 Å². The summed E-state index contributed by atoms with van der Waals surface area (Å²) >= 11 is 0. The second-order valence-electron chi connectivity index (χ2n) is 6.36. The molecule has 1 saturated heterocycles. The molecule has 1 aliphatic carbocycles. The van der Waals surface area contributed by atoms with Crippen LogP contribution in [0.25, 0.3) is 11.6 Å². The molecule has 7 heteroatoms. The van der Waals surface area contributed by atoms with Gasteiger partial charge in [0.25, 0.3) is 0 Å². The van der Waals surface area contributed by atoms with E-state index in [9.17, 15) is 9.90 Å². The summed E-state index contributed by atoms with van der Waals surface area (Å²) in [5, 5.41) is 13.5. The van der Waals surface area contributed by atoms with E-state index in [2.05, 4.69) is 10.1 Å². The fraction of sp³-hybridized carbons (Fsp3) is 0.562. The minimum atomic E-state index is -0.759. The number of hydrogen-bond donors (Lipinski definition) is 1. The molecule has 0 amide bonds. The highest BCUT2D eigenvalue weighted by molar-refractivity contribution is 5.74. The maximum atomic E-state index is 11.6. The van der Waals surface area contributed by atoms with Gasteiger partial charge in [0.05, 0.1) is 12.8 Å². The first kappa shape index (κ1) is 14.4. The molecule has 4 rings (SSSR count). The van der Waals surface area contributed by atoms with Crippen LogP contribution in [0.1, 0.15) is 38.0 Å². The molecule has 0 aromatic carbocycles. The van der Waals surface area contributed by atoms with Gasteiger partial charge in [0.2, 0.25) is 11.7 Å². The Morgan fingerprint density at radius 2 is 2.26 bits per heavy atom. The van der Waals surface area contributed by atoms with Gasteiger partial charge in [-0.25, -0.2) is 0 Å². The number of carboxylic acid groups (broad SMARTS) is 1. The van der Waals surface area contributed by atoms with Crippen LogP contribution < -0.4 is 0 Å². The van der Waals surface area contributed by atoms with Crippen molar-refractivity contribution in [1.29, 1.82) is 0 Å². The number of nitrogens with zero attached hydrogens (tertiary/aromatic N) is 3. The summed E-state index contributed by atoms with van der Waals surface area (Å²) in [6, 6.07) is 3.38. The Hall–Kier alpha value is -2.15. The van der Waals surface area contributed by atoms with Gasteiger partial charge in [-0.1, -0.05) is 18.0 Å². The minimum absolute atomic E-state index is 0.309. The van der Waals surface area contributed by atoms with Crippen LogP contribution in [-0.4, -0.2) is 38.2 Å². The molecule has 3 atom stereocenters. The first-order chi connectivity index (χ1) is 11.2. The van der Waals surface area contributed by atoms with Gasteiger partial charge in [0, 0.05) is 6.04 Å². The molecule has 1 N–H and O–H groups in total. The second-order valence-corrected chi connectivity index (χ2v) is 6.36. The first-order valence-electron chi connectivity index (χ1n) is 8.07. The zero-order chi connectivity index (χ0) is 15.8. The largest absolute Gasteiger partial charge is 0.480 e. The van der Waals surface area contributed by atoms with Gasteiger partial charge in [0.15, 0.2) is 5.76 Å². The third-order valence-electron chi connectivity index (χ3n) is 5.03. The average Bonchev–Trinajstić information content (AvgIpc) is 3.26. The quantitative estimate of drug-likeness (QED) is 0.926. The van der Waals surface area contributed by atoms with Crippen LogP contribution >= 0.6 is 0 Å². The maximum Gasteiger partial charge on any atom is 0.320 e. The summed E-state index contributed by atoms with van der Waals surface area (Å²) in [6.45, 7) is 0.381. The molecule has 2 fully saturated rings. The van der Waals surface area contributed by atoms with Crippen molar-refractivity contribution in [3.05, 3.63) is 24.3 Å². The molecule has 2 aromatic heterocycles. The molecule has 1 saturated carbocycles. The van der Waals surface area contributed by atoms with Crippen molar-refractivity contribution in [3.8, 4) is 11.6 Å². The summed E-state index contributed by atoms with van der Waals surface area (Å²) in [6.07, 6.45) is 6.80. The third kappa shape index (κ3) is 2.65. The van der Waals surface area contributed by atoms with Gasteiger partial charge in [-0.3, -0.25) is 9.69 Å². The summed E-state index contributed by atoms with van der Waals surface area (Å²) in [7, 11) is 0. The van der Waals surface area contributed by atoms with Crippen molar-refractivity contribution in [2.24, 2.45) is 5.92 Å². The lowest BCUT2D eigenvalue weighted by molar-refractivity contribution is -0.143. The summed E-state index contributed by atoms with van der Waals surface area (Å²) in [5.74, 6) is 1.10. The highest BCUT2D eigenvalue weighted by Crippen LogP contribution is 2.40. The van der Waals surface area contributed by atoms with Crippen molar-refractivity contribution in [1.82, 2.24) is 15.0 Å². The molecule has 0 bridgehead atoms. The molecule has 1 aliphatic heterocycles. The van der Waals surface area contributed by atoms with Crippen LogP contribution in [0.4, 0.5) is 0 Å². The molecule has 0 radical (unpaired) electrons. The average molecular weight is 317 g/mol. The monoisotopic (exact) mass is 317 g/mol. The lowest BCUT2D eigenvalue weighted by Crippen LogP contribution is -2.41. The van der Waals surface area contributed by atoms with Crippen LogP contribution in [0.3, 0.4) is 0 Å². The van der Waals surface area contributed by atoms with E-state index in [0.717, 1.165) is 25.7 Å². The molecule has 2 aliphatic rings. The Labute approximate surface area is 133 Å². The highest BCUT2D eigenvalue weighted by Gasteiger charge is 2.45. The predicted molar refractivity (Wildman–Crippen MR) is 79.3 cm³/mol. The normalized spacial score (nSPS) is 27.9. The Morgan fingerprint density at radius 3 is 3.04 bits per heavy atom. The van der Waals surface area contributed by atoms with E-state index in [4.69, 9.17) is 8.94 Å². The van der Waals surface area contributed by atoms with Crippen molar-refractivity contribution in [2.75, 3.05) is 0 Å². The van der Waals surface area contributed by atoms with E-state index in [1.54, 1.807) is 18.4 Å². The lowest BCUT2D eigenvalue weighted by atomic mass is 9.85. The Bertz CT molecular complexity index is 681. The van der Waals surface area contributed by atoms with Gasteiger partial charge >= 0.3 is 5.97 Å². The van der Waals surface area contributed by atoms with Crippen LogP contribution in [0.15, 0.2) is 27.3 Å². The maximum absolute atomic E-state index is 11.6. The van der Waals surface area contributed by atoms with Crippen LogP contribution in [-0.2, 0) is 11.3 Å². The summed E-state index contributed by atoms with van der Waals surface area (Å²) in [4.78, 5) is 18.0. The van der Waals surface area contributed by atoms with E-state index >= 15 is 0 Å². The molecule has 3 heterocycles.